The van der Waals surface area contributed by atoms with E-state index in [-0.39, 0.29) is 12.5 Å². The molecule has 1 N–H and O–H groups in total. The standard InChI is InChI=1S/C23H19ClN2O3/c1-25-20(27)13-29-23(28)21-17-4-2-3-5-19(17)26-22-15(8-11-18(21)22)12-14-6-9-16(24)10-7-14/h2-7,9-10,12H,8,11,13H2,1H3,(H,25,27)/b15-12-. The van der Waals surface area contributed by atoms with Gasteiger partial charge in [0.25, 0.3) is 5.91 Å². The van der Waals surface area contributed by atoms with Crippen LogP contribution in [0.4, 0.5) is 0 Å². The number of ether oxygens (including phenoxy) is 1. The van der Waals surface area contributed by atoms with E-state index in [0.717, 1.165) is 39.7 Å². The van der Waals surface area contributed by atoms with Crippen LogP contribution in [0.25, 0.3) is 22.6 Å². The van der Waals surface area contributed by atoms with Crippen LogP contribution in [-0.4, -0.2) is 30.5 Å². The average molecular weight is 407 g/mol. The van der Waals surface area contributed by atoms with Crippen molar-refractivity contribution in [2.75, 3.05) is 13.7 Å². The lowest BCUT2D eigenvalue weighted by molar-refractivity contribution is -0.123. The molecule has 0 spiro atoms. The minimum absolute atomic E-state index is 0.311. The van der Waals surface area contributed by atoms with Gasteiger partial charge < -0.3 is 10.1 Å². The predicted molar refractivity (Wildman–Crippen MR) is 114 cm³/mol. The fourth-order valence-corrected chi connectivity index (χ4v) is 3.67. The third kappa shape index (κ3) is 3.87. The Kier molecular flexibility index (Phi) is 5.32. The lowest BCUT2D eigenvalue weighted by atomic mass is 10.0. The number of carbonyl (C=O) groups excluding carboxylic acids is 2. The number of likely N-dealkylation sites (N-methyl/N-ethyl adjacent to an activating group) is 1. The maximum absolute atomic E-state index is 12.9. The van der Waals surface area contributed by atoms with Crippen molar-refractivity contribution in [2.45, 2.75) is 12.8 Å². The van der Waals surface area contributed by atoms with Gasteiger partial charge in [0.1, 0.15) is 0 Å². The highest BCUT2D eigenvalue weighted by Crippen LogP contribution is 2.37. The molecule has 0 atom stereocenters. The molecule has 0 unspecified atom stereocenters. The number of fused-ring (bicyclic) bond motifs is 2. The SMILES string of the molecule is CNC(=O)COC(=O)c1c2c(nc3ccccc13)/C(=C\c1ccc(Cl)cc1)CC2. The van der Waals surface area contributed by atoms with E-state index in [2.05, 4.69) is 11.4 Å². The van der Waals surface area contributed by atoms with Gasteiger partial charge in [-0.15, -0.1) is 0 Å². The Bertz CT molecular complexity index is 1140. The van der Waals surface area contributed by atoms with E-state index in [1.165, 1.54) is 7.05 Å². The predicted octanol–water partition coefficient (Wildman–Crippen LogP) is 4.28. The Balaban J connectivity index is 1.80. The van der Waals surface area contributed by atoms with E-state index in [0.29, 0.717) is 17.0 Å². The molecule has 29 heavy (non-hydrogen) atoms. The maximum atomic E-state index is 12.9. The summed E-state index contributed by atoms with van der Waals surface area (Å²) in [6.07, 6.45) is 3.54. The molecule has 2 aromatic carbocycles. The molecule has 3 aromatic rings. The van der Waals surface area contributed by atoms with Crippen LogP contribution in [0.5, 0.6) is 0 Å². The van der Waals surface area contributed by atoms with Crippen LogP contribution in [-0.2, 0) is 16.0 Å². The van der Waals surface area contributed by atoms with E-state index in [1.807, 2.05) is 48.5 Å². The number of amides is 1. The first-order chi connectivity index (χ1) is 14.1. The Morgan fingerprint density at radius 3 is 2.66 bits per heavy atom. The molecule has 0 fully saturated rings. The molecule has 146 valence electrons. The number of nitrogens with zero attached hydrogens (tertiary/aromatic N) is 1. The molecule has 1 amide bonds. The van der Waals surface area contributed by atoms with Gasteiger partial charge in [-0.1, -0.05) is 41.9 Å². The number of aromatic nitrogens is 1. The number of pyridine rings is 1. The summed E-state index contributed by atoms with van der Waals surface area (Å²) in [6.45, 7) is -0.311. The van der Waals surface area contributed by atoms with Crippen molar-refractivity contribution in [2.24, 2.45) is 0 Å². The Morgan fingerprint density at radius 1 is 1.14 bits per heavy atom. The number of hydrogen-bond acceptors (Lipinski definition) is 4. The first-order valence-electron chi connectivity index (χ1n) is 9.32. The number of para-hydroxylation sites is 1. The molecule has 5 nitrogen and oxygen atoms in total. The minimum atomic E-state index is -0.504. The molecule has 1 aliphatic carbocycles. The third-order valence-corrected chi connectivity index (χ3v) is 5.22. The molecule has 1 aliphatic rings. The fourth-order valence-electron chi connectivity index (χ4n) is 3.55. The van der Waals surface area contributed by atoms with Crippen LogP contribution >= 0.6 is 11.6 Å². The van der Waals surface area contributed by atoms with E-state index in [4.69, 9.17) is 21.3 Å². The van der Waals surface area contributed by atoms with Crippen LogP contribution < -0.4 is 5.32 Å². The number of carbonyl (C=O) groups is 2. The molecule has 6 heteroatoms. The number of esters is 1. The van der Waals surface area contributed by atoms with Gasteiger partial charge >= 0.3 is 5.97 Å². The Morgan fingerprint density at radius 2 is 1.90 bits per heavy atom. The van der Waals surface area contributed by atoms with Crippen LogP contribution in [0, 0.1) is 0 Å². The van der Waals surface area contributed by atoms with Crippen molar-refractivity contribution < 1.29 is 14.3 Å². The maximum Gasteiger partial charge on any atom is 0.339 e. The minimum Gasteiger partial charge on any atom is -0.452 e. The van der Waals surface area contributed by atoms with E-state index in [1.54, 1.807) is 0 Å². The summed E-state index contributed by atoms with van der Waals surface area (Å²) in [4.78, 5) is 29.2. The normalized spacial score (nSPS) is 14.1. The monoisotopic (exact) mass is 406 g/mol. The van der Waals surface area contributed by atoms with Gasteiger partial charge in [0.05, 0.1) is 16.8 Å². The molecule has 0 bridgehead atoms. The number of hydrogen-bond donors (Lipinski definition) is 1. The zero-order chi connectivity index (χ0) is 20.4. The van der Waals surface area contributed by atoms with Gasteiger partial charge in [-0.05, 0) is 53.8 Å². The van der Waals surface area contributed by atoms with Crippen molar-refractivity contribution in [3.05, 3.63) is 75.9 Å². The van der Waals surface area contributed by atoms with Gasteiger partial charge in [0.2, 0.25) is 0 Å². The highest BCUT2D eigenvalue weighted by molar-refractivity contribution is 6.30. The molecule has 0 saturated carbocycles. The number of nitrogens with one attached hydrogen (secondary N) is 1. The highest BCUT2D eigenvalue weighted by Gasteiger charge is 2.27. The van der Waals surface area contributed by atoms with Crippen molar-refractivity contribution >= 4 is 46.0 Å². The number of allylic oxidation sites excluding steroid dienone is 1. The summed E-state index contributed by atoms with van der Waals surface area (Å²) in [6, 6.07) is 15.1. The topological polar surface area (TPSA) is 68.3 Å². The smallest absolute Gasteiger partial charge is 0.339 e. The molecule has 0 aliphatic heterocycles. The van der Waals surface area contributed by atoms with Crippen LogP contribution in [0.1, 0.15) is 33.6 Å². The van der Waals surface area contributed by atoms with E-state index >= 15 is 0 Å². The summed E-state index contributed by atoms with van der Waals surface area (Å²) < 4.78 is 5.27. The summed E-state index contributed by atoms with van der Waals surface area (Å²) >= 11 is 5.98. The summed E-state index contributed by atoms with van der Waals surface area (Å²) in [5.74, 6) is -0.854. The highest BCUT2D eigenvalue weighted by atomic mass is 35.5. The number of halogens is 1. The third-order valence-electron chi connectivity index (χ3n) is 4.97. The number of rotatable bonds is 4. The van der Waals surface area contributed by atoms with Gasteiger partial charge in [-0.3, -0.25) is 4.79 Å². The quantitative estimate of drug-likeness (QED) is 0.657. The largest absolute Gasteiger partial charge is 0.452 e. The van der Waals surface area contributed by atoms with Crippen molar-refractivity contribution in [3.63, 3.8) is 0 Å². The second-order valence-corrected chi connectivity index (χ2v) is 7.24. The van der Waals surface area contributed by atoms with Crippen molar-refractivity contribution in [1.82, 2.24) is 10.3 Å². The average Bonchev–Trinajstić information content (AvgIpc) is 3.13. The molecular weight excluding hydrogens is 388 g/mol. The molecule has 4 rings (SSSR count). The lowest BCUT2D eigenvalue weighted by Crippen LogP contribution is -2.25. The summed E-state index contributed by atoms with van der Waals surface area (Å²) in [5.41, 5.74) is 4.98. The Hall–Kier alpha value is -3.18. The fraction of sp³-hybridized carbons (Fsp3) is 0.174. The van der Waals surface area contributed by atoms with Crippen LogP contribution in [0.2, 0.25) is 5.02 Å². The molecule has 1 aromatic heterocycles. The van der Waals surface area contributed by atoms with E-state index < -0.39 is 5.97 Å². The summed E-state index contributed by atoms with van der Waals surface area (Å²) in [5, 5.41) is 3.87. The molecular formula is C23H19ClN2O3. The van der Waals surface area contributed by atoms with Crippen molar-refractivity contribution in [1.29, 1.82) is 0 Å². The van der Waals surface area contributed by atoms with Gasteiger partial charge in [0.15, 0.2) is 6.61 Å². The van der Waals surface area contributed by atoms with E-state index in [9.17, 15) is 9.59 Å². The second-order valence-electron chi connectivity index (χ2n) is 6.80. The zero-order valence-electron chi connectivity index (χ0n) is 15.9. The molecule has 1 heterocycles. The van der Waals surface area contributed by atoms with Crippen LogP contribution in [0.3, 0.4) is 0 Å². The second kappa shape index (κ2) is 8.05. The van der Waals surface area contributed by atoms with Gasteiger partial charge in [-0.25, -0.2) is 9.78 Å². The first-order valence-corrected chi connectivity index (χ1v) is 9.70. The Labute approximate surface area is 173 Å². The molecule has 0 radical (unpaired) electrons. The summed E-state index contributed by atoms with van der Waals surface area (Å²) in [7, 11) is 1.50. The molecule has 0 saturated heterocycles. The van der Waals surface area contributed by atoms with Gasteiger partial charge in [0, 0.05) is 17.5 Å². The lowest BCUT2D eigenvalue weighted by Gasteiger charge is -2.12. The number of benzene rings is 2. The zero-order valence-corrected chi connectivity index (χ0v) is 16.6. The van der Waals surface area contributed by atoms with Gasteiger partial charge in [-0.2, -0.15) is 0 Å². The van der Waals surface area contributed by atoms with Crippen molar-refractivity contribution in [3.8, 4) is 0 Å². The van der Waals surface area contributed by atoms with Crippen LogP contribution in [0.15, 0.2) is 48.5 Å². The first kappa shape index (κ1) is 19.2.